The normalized spacial score (nSPS) is 12.9. The Morgan fingerprint density at radius 3 is 2.12 bits per heavy atom. The molecule has 0 aromatic heterocycles. The summed E-state index contributed by atoms with van der Waals surface area (Å²) >= 11 is 31.2. The Bertz CT molecular complexity index is 1540. The number of hydrogen-bond acceptors (Lipinski definition) is 4. The zero-order valence-electron chi connectivity index (χ0n) is 23.1. The van der Waals surface area contributed by atoms with Crippen LogP contribution < -0.4 is 9.62 Å². The van der Waals surface area contributed by atoms with Crippen molar-refractivity contribution in [2.24, 2.45) is 0 Å². The van der Waals surface area contributed by atoms with Gasteiger partial charge in [0.05, 0.1) is 27.0 Å². The lowest BCUT2D eigenvalue weighted by molar-refractivity contribution is -0.140. The second kappa shape index (κ2) is 15.0. The summed E-state index contributed by atoms with van der Waals surface area (Å²) in [4.78, 5) is 29.2. The standard InChI is InChI=1S/C29H30Cl5N3O4S/c1-4-18(2)35-29(39)27(12-19-8-6-5-7-9-19)36(16-20-10-11-21(30)13-22(20)31)28(38)17-37(42(3,40)41)26-15-24(33)23(32)14-25(26)34/h5-11,13-15,18,27H,4,12,16-17H2,1-3H3,(H,35,39). The van der Waals surface area contributed by atoms with Crippen LogP contribution in [0.25, 0.3) is 0 Å². The Hall–Kier alpha value is -2.20. The van der Waals surface area contributed by atoms with E-state index in [0.29, 0.717) is 17.0 Å². The number of nitrogens with one attached hydrogen (secondary N) is 1. The summed E-state index contributed by atoms with van der Waals surface area (Å²) in [5, 5.41) is 3.79. The molecule has 1 N–H and O–H groups in total. The fourth-order valence-corrected chi connectivity index (χ4v) is 6.14. The highest BCUT2D eigenvalue weighted by atomic mass is 35.5. The minimum absolute atomic E-state index is 0.0229. The minimum atomic E-state index is -4.06. The first-order valence-electron chi connectivity index (χ1n) is 12.9. The van der Waals surface area contributed by atoms with Crippen LogP contribution in [0.15, 0.2) is 60.7 Å². The van der Waals surface area contributed by atoms with Gasteiger partial charge in [0.15, 0.2) is 0 Å². The van der Waals surface area contributed by atoms with Gasteiger partial charge in [-0.05, 0) is 48.7 Å². The fourth-order valence-electron chi connectivity index (χ4n) is 4.13. The van der Waals surface area contributed by atoms with Crippen LogP contribution in [0, 0.1) is 0 Å². The molecule has 42 heavy (non-hydrogen) atoms. The maximum Gasteiger partial charge on any atom is 0.244 e. The first-order chi connectivity index (χ1) is 19.7. The largest absolute Gasteiger partial charge is 0.352 e. The predicted molar refractivity (Wildman–Crippen MR) is 173 cm³/mol. The second-order valence-corrected chi connectivity index (χ2v) is 13.7. The second-order valence-electron chi connectivity index (χ2n) is 9.77. The lowest BCUT2D eigenvalue weighted by atomic mass is 10.0. The summed E-state index contributed by atoms with van der Waals surface area (Å²) in [6.07, 6.45) is 1.77. The number of hydrogen-bond donors (Lipinski definition) is 1. The quantitative estimate of drug-likeness (QED) is 0.202. The molecule has 0 aliphatic carbocycles. The molecule has 7 nitrogen and oxygen atoms in total. The molecule has 3 aromatic rings. The highest BCUT2D eigenvalue weighted by molar-refractivity contribution is 7.92. The summed E-state index contributed by atoms with van der Waals surface area (Å²) in [6, 6.07) is 15.4. The van der Waals surface area contributed by atoms with Crippen LogP contribution in [0.2, 0.25) is 25.1 Å². The molecule has 0 radical (unpaired) electrons. The molecule has 0 bridgehead atoms. The van der Waals surface area contributed by atoms with E-state index in [1.54, 1.807) is 12.1 Å². The van der Waals surface area contributed by atoms with Crippen LogP contribution in [-0.4, -0.2) is 50.0 Å². The van der Waals surface area contributed by atoms with Crippen LogP contribution in [-0.2, 0) is 32.6 Å². The average molecular weight is 694 g/mol. The number of rotatable bonds is 12. The van der Waals surface area contributed by atoms with E-state index in [4.69, 9.17) is 58.0 Å². The third-order valence-corrected chi connectivity index (χ3v) is 9.30. The summed E-state index contributed by atoms with van der Waals surface area (Å²) in [6.45, 7) is 3.01. The molecule has 226 valence electrons. The molecule has 0 heterocycles. The first-order valence-corrected chi connectivity index (χ1v) is 16.6. The molecule has 0 saturated carbocycles. The third-order valence-electron chi connectivity index (χ3n) is 6.57. The van der Waals surface area contributed by atoms with Gasteiger partial charge in [-0.25, -0.2) is 8.42 Å². The molecular weight excluding hydrogens is 664 g/mol. The molecule has 2 amide bonds. The van der Waals surface area contributed by atoms with Crippen molar-refractivity contribution in [3.63, 3.8) is 0 Å². The van der Waals surface area contributed by atoms with Gasteiger partial charge in [-0.3, -0.25) is 13.9 Å². The van der Waals surface area contributed by atoms with Crippen LogP contribution in [0.1, 0.15) is 31.4 Å². The van der Waals surface area contributed by atoms with Gasteiger partial charge in [0.1, 0.15) is 12.6 Å². The van der Waals surface area contributed by atoms with E-state index in [-0.39, 0.29) is 44.8 Å². The number of sulfonamides is 1. The van der Waals surface area contributed by atoms with Crippen LogP contribution in [0.3, 0.4) is 0 Å². The third kappa shape index (κ3) is 9.15. The van der Waals surface area contributed by atoms with Crippen molar-refractivity contribution in [1.29, 1.82) is 0 Å². The number of anilines is 1. The molecule has 3 rings (SSSR count). The molecule has 2 unspecified atom stereocenters. The highest BCUT2D eigenvalue weighted by Gasteiger charge is 2.34. The summed E-state index contributed by atoms with van der Waals surface area (Å²) in [5.41, 5.74) is 1.28. The predicted octanol–water partition coefficient (Wildman–Crippen LogP) is 7.27. The van der Waals surface area contributed by atoms with Crippen molar-refractivity contribution in [3.05, 3.63) is 96.9 Å². The van der Waals surface area contributed by atoms with Crippen molar-refractivity contribution in [2.45, 2.75) is 45.3 Å². The maximum absolute atomic E-state index is 14.2. The monoisotopic (exact) mass is 691 g/mol. The fraction of sp³-hybridized carbons (Fsp3) is 0.310. The SMILES string of the molecule is CCC(C)NC(=O)C(Cc1ccccc1)N(Cc1ccc(Cl)cc1Cl)C(=O)CN(c1cc(Cl)c(Cl)cc1Cl)S(C)(=O)=O. The zero-order valence-corrected chi connectivity index (χ0v) is 27.7. The molecule has 0 aliphatic heterocycles. The number of amides is 2. The Balaban J connectivity index is 2.13. The van der Waals surface area contributed by atoms with Crippen molar-refractivity contribution < 1.29 is 18.0 Å². The highest BCUT2D eigenvalue weighted by Crippen LogP contribution is 2.36. The van der Waals surface area contributed by atoms with Gasteiger partial charge in [-0.2, -0.15) is 0 Å². The van der Waals surface area contributed by atoms with E-state index >= 15 is 0 Å². The Morgan fingerprint density at radius 2 is 1.52 bits per heavy atom. The molecular formula is C29H30Cl5N3O4S. The molecule has 3 aromatic carbocycles. The Kier molecular flexibility index (Phi) is 12.2. The lowest BCUT2D eigenvalue weighted by Gasteiger charge is -2.34. The minimum Gasteiger partial charge on any atom is -0.352 e. The zero-order chi connectivity index (χ0) is 31.2. The number of carbonyl (C=O) groups excluding carboxylic acids is 2. The topological polar surface area (TPSA) is 86.8 Å². The van der Waals surface area contributed by atoms with E-state index in [1.807, 2.05) is 44.2 Å². The van der Waals surface area contributed by atoms with E-state index < -0.39 is 34.4 Å². The average Bonchev–Trinajstić information content (AvgIpc) is 2.92. The smallest absolute Gasteiger partial charge is 0.244 e. The molecule has 0 aliphatic rings. The number of benzene rings is 3. The number of halogens is 5. The number of carbonyl (C=O) groups is 2. The van der Waals surface area contributed by atoms with Gasteiger partial charge in [-0.15, -0.1) is 0 Å². The number of nitrogens with zero attached hydrogens (tertiary/aromatic N) is 2. The Labute approximate surface area is 271 Å². The van der Waals surface area contributed by atoms with Gasteiger partial charge >= 0.3 is 0 Å². The van der Waals surface area contributed by atoms with Crippen molar-refractivity contribution in [3.8, 4) is 0 Å². The first kappa shape index (κ1) is 34.3. The van der Waals surface area contributed by atoms with Crippen LogP contribution >= 0.6 is 58.0 Å². The lowest BCUT2D eigenvalue weighted by Crippen LogP contribution is -2.54. The van der Waals surface area contributed by atoms with Crippen LogP contribution in [0.4, 0.5) is 5.69 Å². The van der Waals surface area contributed by atoms with E-state index in [9.17, 15) is 18.0 Å². The molecule has 0 saturated heterocycles. The maximum atomic E-state index is 14.2. The van der Waals surface area contributed by atoms with Gasteiger partial charge in [-0.1, -0.05) is 101 Å². The molecule has 0 fully saturated rings. The van der Waals surface area contributed by atoms with Crippen molar-refractivity contribution >= 4 is 85.5 Å². The van der Waals surface area contributed by atoms with E-state index in [2.05, 4.69) is 5.32 Å². The van der Waals surface area contributed by atoms with Crippen LogP contribution in [0.5, 0.6) is 0 Å². The van der Waals surface area contributed by atoms with Crippen molar-refractivity contribution in [2.75, 3.05) is 17.1 Å². The summed E-state index contributed by atoms with van der Waals surface area (Å²) in [5.74, 6) is -1.07. The van der Waals surface area contributed by atoms with Gasteiger partial charge in [0, 0.05) is 29.1 Å². The van der Waals surface area contributed by atoms with Crippen molar-refractivity contribution in [1.82, 2.24) is 10.2 Å². The molecule has 2 atom stereocenters. The van der Waals surface area contributed by atoms with E-state index in [1.165, 1.54) is 23.1 Å². The molecule has 0 spiro atoms. The van der Waals surface area contributed by atoms with Gasteiger partial charge in [0.2, 0.25) is 21.8 Å². The summed E-state index contributed by atoms with van der Waals surface area (Å²) < 4.78 is 26.8. The van der Waals surface area contributed by atoms with Gasteiger partial charge in [0.25, 0.3) is 0 Å². The van der Waals surface area contributed by atoms with Gasteiger partial charge < -0.3 is 10.2 Å². The Morgan fingerprint density at radius 1 is 0.881 bits per heavy atom. The summed E-state index contributed by atoms with van der Waals surface area (Å²) in [7, 11) is -4.06. The van der Waals surface area contributed by atoms with E-state index in [0.717, 1.165) is 16.1 Å². The molecule has 13 heteroatoms.